The first-order chi connectivity index (χ1) is 9.72. The van der Waals surface area contributed by atoms with Crippen molar-refractivity contribution in [1.29, 1.82) is 0 Å². The number of amides is 2. The summed E-state index contributed by atoms with van der Waals surface area (Å²) in [6, 6.07) is -0.269. The second kappa shape index (κ2) is 9.26. The highest BCUT2D eigenvalue weighted by Crippen LogP contribution is 2.16. The van der Waals surface area contributed by atoms with Crippen molar-refractivity contribution >= 4 is 24.2 Å². The van der Waals surface area contributed by atoms with E-state index >= 15 is 0 Å². The summed E-state index contributed by atoms with van der Waals surface area (Å²) in [5.74, 6) is 0.826. The van der Waals surface area contributed by atoms with Gasteiger partial charge in [0.25, 0.3) is 0 Å². The number of likely N-dealkylation sites (tertiary alicyclic amines) is 1. The lowest BCUT2D eigenvalue weighted by Crippen LogP contribution is -2.47. The molecule has 0 bridgehead atoms. The van der Waals surface area contributed by atoms with Crippen LogP contribution in [0.15, 0.2) is 0 Å². The lowest BCUT2D eigenvalue weighted by Gasteiger charge is -2.27. The van der Waals surface area contributed by atoms with Gasteiger partial charge in [-0.2, -0.15) is 0 Å². The molecule has 2 aliphatic rings. The summed E-state index contributed by atoms with van der Waals surface area (Å²) in [5, 5.41) is 6.41. The fraction of sp³-hybridized carbons (Fsp3) is 0.867. The molecule has 0 spiro atoms. The highest BCUT2D eigenvalue weighted by atomic mass is 35.5. The summed E-state index contributed by atoms with van der Waals surface area (Å²) in [5.41, 5.74) is 0. The van der Waals surface area contributed by atoms with E-state index in [2.05, 4.69) is 10.6 Å². The largest absolute Gasteiger partial charge is 0.354 e. The fourth-order valence-electron chi connectivity index (χ4n) is 3.23. The van der Waals surface area contributed by atoms with E-state index < -0.39 is 0 Å². The minimum Gasteiger partial charge on any atom is -0.354 e. The van der Waals surface area contributed by atoms with E-state index in [9.17, 15) is 9.59 Å². The molecule has 0 aromatic rings. The molecule has 0 aliphatic carbocycles. The predicted octanol–water partition coefficient (Wildman–Crippen LogP) is 1.32. The van der Waals surface area contributed by atoms with Gasteiger partial charge >= 0.3 is 0 Å². The summed E-state index contributed by atoms with van der Waals surface area (Å²) in [4.78, 5) is 25.7. The van der Waals surface area contributed by atoms with E-state index in [1.165, 1.54) is 12.8 Å². The molecule has 2 heterocycles. The van der Waals surface area contributed by atoms with Crippen molar-refractivity contribution < 1.29 is 9.59 Å². The number of piperidine rings is 1. The molecule has 21 heavy (non-hydrogen) atoms. The van der Waals surface area contributed by atoms with Gasteiger partial charge in [0, 0.05) is 19.5 Å². The van der Waals surface area contributed by atoms with E-state index in [1.807, 2.05) is 6.92 Å². The normalized spacial score (nSPS) is 23.6. The number of rotatable bonds is 6. The molecule has 0 aromatic heterocycles. The molecule has 2 unspecified atom stereocenters. The van der Waals surface area contributed by atoms with E-state index in [1.54, 1.807) is 4.90 Å². The van der Waals surface area contributed by atoms with Crippen molar-refractivity contribution in [3.63, 3.8) is 0 Å². The van der Waals surface area contributed by atoms with Gasteiger partial charge in [0.15, 0.2) is 0 Å². The molecular formula is C15H28ClN3O2. The number of hydrogen-bond donors (Lipinski definition) is 2. The Morgan fingerprint density at radius 3 is 2.86 bits per heavy atom. The Kier molecular flexibility index (Phi) is 8.04. The number of nitrogens with zero attached hydrogens (tertiary/aromatic N) is 1. The van der Waals surface area contributed by atoms with Crippen LogP contribution >= 0.6 is 12.4 Å². The molecule has 2 amide bonds. The highest BCUT2D eigenvalue weighted by molar-refractivity contribution is 5.88. The molecule has 2 rings (SSSR count). The van der Waals surface area contributed by atoms with Crippen molar-refractivity contribution in [2.24, 2.45) is 5.92 Å². The topological polar surface area (TPSA) is 61.4 Å². The first kappa shape index (κ1) is 18.2. The standard InChI is InChI=1S/C15H27N3O2.ClH/c1-2-13(18-10-4-6-14(18)19)15(20)17-9-7-12-5-3-8-16-11-12;/h12-13,16H,2-11H2,1H3,(H,17,20);1H. The first-order valence-corrected chi connectivity index (χ1v) is 8.00. The van der Waals surface area contributed by atoms with Crippen molar-refractivity contribution in [2.75, 3.05) is 26.2 Å². The Labute approximate surface area is 133 Å². The molecule has 2 aliphatic heterocycles. The molecule has 2 fully saturated rings. The summed E-state index contributed by atoms with van der Waals surface area (Å²) in [6.07, 6.45) is 5.70. The average Bonchev–Trinajstić information content (AvgIpc) is 2.87. The molecule has 6 heteroatoms. The quantitative estimate of drug-likeness (QED) is 0.776. The second-order valence-corrected chi connectivity index (χ2v) is 5.91. The third-order valence-electron chi connectivity index (χ3n) is 4.43. The van der Waals surface area contributed by atoms with Gasteiger partial charge in [-0.15, -0.1) is 12.4 Å². The Morgan fingerprint density at radius 2 is 2.29 bits per heavy atom. The van der Waals surface area contributed by atoms with Crippen molar-refractivity contribution in [3.05, 3.63) is 0 Å². The van der Waals surface area contributed by atoms with Crippen LogP contribution in [0.5, 0.6) is 0 Å². The number of halogens is 1. The van der Waals surface area contributed by atoms with Gasteiger partial charge in [0.1, 0.15) is 6.04 Å². The maximum atomic E-state index is 12.2. The number of hydrogen-bond acceptors (Lipinski definition) is 3. The molecule has 2 N–H and O–H groups in total. The van der Waals surface area contributed by atoms with Crippen LogP contribution < -0.4 is 10.6 Å². The van der Waals surface area contributed by atoms with Crippen LogP contribution in [0.3, 0.4) is 0 Å². The first-order valence-electron chi connectivity index (χ1n) is 8.00. The predicted molar refractivity (Wildman–Crippen MR) is 85.5 cm³/mol. The van der Waals surface area contributed by atoms with Crippen molar-refractivity contribution in [1.82, 2.24) is 15.5 Å². The summed E-state index contributed by atoms with van der Waals surface area (Å²) in [6.45, 7) is 5.62. The Bertz CT molecular complexity index is 346. The molecule has 5 nitrogen and oxygen atoms in total. The van der Waals surface area contributed by atoms with Crippen LogP contribution in [-0.2, 0) is 9.59 Å². The van der Waals surface area contributed by atoms with Crippen LogP contribution in [0.1, 0.15) is 45.4 Å². The van der Waals surface area contributed by atoms with Gasteiger partial charge in [-0.25, -0.2) is 0 Å². The maximum absolute atomic E-state index is 12.2. The highest BCUT2D eigenvalue weighted by Gasteiger charge is 2.31. The Hall–Kier alpha value is -0.810. The van der Waals surface area contributed by atoms with Crippen LogP contribution in [0, 0.1) is 5.92 Å². The van der Waals surface area contributed by atoms with Gasteiger partial charge in [-0.3, -0.25) is 9.59 Å². The molecule has 0 radical (unpaired) electrons. The van der Waals surface area contributed by atoms with Gasteiger partial charge < -0.3 is 15.5 Å². The Morgan fingerprint density at radius 1 is 1.48 bits per heavy atom. The molecule has 0 saturated carbocycles. The van der Waals surface area contributed by atoms with Crippen LogP contribution in [0.4, 0.5) is 0 Å². The van der Waals surface area contributed by atoms with Gasteiger partial charge in [-0.1, -0.05) is 6.92 Å². The maximum Gasteiger partial charge on any atom is 0.242 e. The zero-order valence-corrected chi connectivity index (χ0v) is 13.7. The molecule has 122 valence electrons. The lowest BCUT2D eigenvalue weighted by atomic mass is 9.96. The number of carbonyl (C=O) groups is 2. The lowest BCUT2D eigenvalue weighted by molar-refractivity contribution is -0.137. The van der Waals surface area contributed by atoms with Crippen LogP contribution in [-0.4, -0.2) is 48.9 Å². The van der Waals surface area contributed by atoms with Gasteiger partial charge in [-0.05, 0) is 51.1 Å². The summed E-state index contributed by atoms with van der Waals surface area (Å²) < 4.78 is 0. The summed E-state index contributed by atoms with van der Waals surface area (Å²) in [7, 11) is 0. The van der Waals surface area contributed by atoms with Crippen LogP contribution in [0.2, 0.25) is 0 Å². The minimum atomic E-state index is -0.269. The Balaban J connectivity index is 0.00000220. The minimum absolute atomic E-state index is 0. The second-order valence-electron chi connectivity index (χ2n) is 5.91. The van der Waals surface area contributed by atoms with E-state index in [-0.39, 0.29) is 30.3 Å². The molecule has 2 atom stereocenters. The molecular weight excluding hydrogens is 290 g/mol. The third-order valence-corrected chi connectivity index (χ3v) is 4.43. The SMILES string of the molecule is CCC(C(=O)NCCC1CCCNC1)N1CCCC1=O.Cl. The zero-order valence-electron chi connectivity index (χ0n) is 12.9. The smallest absolute Gasteiger partial charge is 0.242 e. The van der Waals surface area contributed by atoms with Gasteiger partial charge in [0.2, 0.25) is 11.8 Å². The summed E-state index contributed by atoms with van der Waals surface area (Å²) >= 11 is 0. The monoisotopic (exact) mass is 317 g/mol. The molecule has 2 saturated heterocycles. The number of nitrogens with one attached hydrogen (secondary N) is 2. The van der Waals surface area contributed by atoms with Crippen molar-refractivity contribution in [3.8, 4) is 0 Å². The third kappa shape index (κ3) is 5.15. The van der Waals surface area contributed by atoms with E-state index in [0.29, 0.717) is 18.8 Å². The number of carbonyl (C=O) groups excluding carboxylic acids is 2. The average molecular weight is 318 g/mol. The van der Waals surface area contributed by atoms with Crippen LogP contribution in [0.25, 0.3) is 0 Å². The molecule has 0 aromatic carbocycles. The fourth-order valence-corrected chi connectivity index (χ4v) is 3.23. The van der Waals surface area contributed by atoms with E-state index in [4.69, 9.17) is 0 Å². The van der Waals surface area contributed by atoms with E-state index in [0.717, 1.165) is 39.0 Å². The van der Waals surface area contributed by atoms with Crippen molar-refractivity contribution in [2.45, 2.75) is 51.5 Å². The van der Waals surface area contributed by atoms with Gasteiger partial charge in [0.05, 0.1) is 0 Å². The zero-order chi connectivity index (χ0) is 14.4.